The van der Waals surface area contributed by atoms with Crippen LogP contribution in [0.25, 0.3) is 0 Å². The Kier molecular flexibility index (Phi) is 2.72. The molecule has 1 aliphatic heterocycles. The van der Waals surface area contributed by atoms with Gasteiger partial charge < -0.3 is 5.11 Å². The van der Waals surface area contributed by atoms with Crippen molar-refractivity contribution in [1.82, 2.24) is 0 Å². The number of fused-ring (bicyclic) bond motifs is 1. The summed E-state index contributed by atoms with van der Waals surface area (Å²) in [5.41, 5.74) is 0.439. The number of nitrogens with two attached hydrogens (primary N) is 1. The maximum atomic E-state index is 11.5. The van der Waals surface area contributed by atoms with Gasteiger partial charge in [0.25, 0.3) is 0 Å². The van der Waals surface area contributed by atoms with Gasteiger partial charge in [-0.05, 0) is 12.5 Å². The van der Waals surface area contributed by atoms with Gasteiger partial charge in [0.2, 0.25) is 10.0 Å². The zero-order valence-corrected chi connectivity index (χ0v) is 9.99. The van der Waals surface area contributed by atoms with Crippen LogP contribution in [0.1, 0.15) is 18.1 Å². The molecule has 8 heteroatoms. The van der Waals surface area contributed by atoms with Crippen LogP contribution in [0, 0.1) is 0 Å². The van der Waals surface area contributed by atoms with E-state index in [1.54, 1.807) is 0 Å². The first-order chi connectivity index (χ1) is 6.89. The van der Waals surface area contributed by atoms with Crippen molar-refractivity contribution in [3.05, 3.63) is 11.6 Å². The summed E-state index contributed by atoms with van der Waals surface area (Å²) in [6.07, 6.45) is -0.343. The van der Waals surface area contributed by atoms with E-state index in [1.807, 2.05) is 0 Å². The number of sulfonamides is 1. The third-order valence-electron chi connectivity index (χ3n) is 2.13. The second kappa shape index (κ2) is 3.63. The summed E-state index contributed by atoms with van der Waals surface area (Å²) in [5, 5.41) is 14.6. The van der Waals surface area contributed by atoms with Crippen LogP contribution >= 0.6 is 11.3 Å². The summed E-state index contributed by atoms with van der Waals surface area (Å²) < 4.78 is 34.1. The molecule has 15 heavy (non-hydrogen) atoms. The molecule has 0 radical (unpaired) electrons. The number of hydrogen-bond acceptors (Lipinski definition) is 5. The van der Waals surface area contributed by atoms with Gasteiger partial charge in [0, 0.05) is 11.3 Å². The first-order valence-electron chi connectivity index (χ1n) is 4.12. The number of aliphatic hydroxyl groups is 1. The Morgan fingerprint density at radius 3 is 2.80 bits per heavy atom. The lowest BCUT2D eigenvalue weighted by molar-refractivity contribution is 0.170. The van der Waals surface area contributed by atoms with E-state index in [0.717, 1.165) is 11.3 Å². The molecule has 0 aliphatic carbocycles. The molecule has 1 aromatic rings. The normalized spacial score (nSPS) is 26.3. The standard InChI is InChI=1S/C7H9NO4S3/c8-15(11,12)6-3-4-5(9)1-2-14(10)7(4)13-6/h3,5,9H,1-2H2,(H2,8,11,12)/t5-,14?/m0/s1. The molecule has 0 saturated carbocycles. The van der Waals surface area contributed by atoms with Crippen LogP contribution in [-0.2, 0) is 20.8 Å². The fraction of sp³-hybridized carbons (Fsp3) is 0.429. The molecule has 5 nitrogen and oxygen atoms in total. The first kappa shape index (κ1) is 11.2. The number of rotatable bonds is 1. The van der Waals surface area contributed by atoms with Crippen molar-refractivity contribution in [2.45, 2.75) is 20.9 Å². The SMILES string of the molecule is NS(=O)(=O)c1cc2c(s1)S(=O)CC[C@@H]2O. The van der Waals surface area contributed by atoms with Gasteiger partial charge in [-0.3, -0.25) is 4.21 Å². The molecule has 1 aromatic heterocycles. The van der Waals surface area contributed by atoms with Crippen LogP contribution in [0.5, 0.6) is 0 Å². The minimum Gasteiger partial charge on any atom is -0.388 e. The van der Waals surface area contributed by atoms with Gasteiger partial charge in [0.15, 0.2) is 0 Å². The lowest BCUT2D eigenvalue weighted by atomic mass is 10.1. The Bertz CT molecular complexity index is 518. The maximum Gasteiger partial charge on any atom is 0.247 e. The summed E-state index contributed by atoms with van der Waals surface area (Å²) in [7, 11) is -4.98. The molecule has 0 amide bonds. The maximum absolute atomic E-state index is 11.5. The zero-order chi connectivity index (χ0) is 11.2. The number of thiophene rings is 1. The van der Waals surface area contributed by atoms with E-state index >= 15 is 0 Å². The molecule has 3 N–H and O–H groups in total. The van der Waals surface area contributed by atoms with Gasteiger partial charge in [0.1, 0.15) is 4.21 Å². The highest BCUT2D eigenvalue weighted by atomic mass is 32.3. The predicted molar refractivity (Wildman–Crippen MR) is 56.5 cm³/mol. The Balaban J connectivity index is 2.60. The Morgan fingerprint density at radius 2 is 2.27 bits per heavy atom. The third kappa shape index (κ3) is 2.00. The molecule has 2 rings (SSSR count). The highest BCUT2D eigenvalue weighted by molar-refractivity contribution is 7.92. The summed E-state index contributed by atoms with van der Waals surface area (Å²) in [6.45, 7) is 0. The topological polar surface area (TPSA) is 97.5 Å². The fourth-order valence-corrected chi connectivity index (χ4v) is 5.20. The highest BCUT2D eigenvalue weighted by Gasteiger charge is 2.28. The quantitative estimate of drug-likeness (QED) is 0.745. The van der Waals surface area contributed by atoms with Crippen molar-refractivity contribution in [2.75, 3.05) is 5.75 Å². The lowest BCUT2D eigenvalue weighted by Gasteiger charge is -2.15. The van der Waals surface area contributed by atoms with E-state index in [-0.39, 0.29) is 4.21 Å². The number of hydrogen-bond donors (Lipinski definition) is 2. The number of primary sulfonamides is 1. The smallest absolute Gasteiger partial charge is 0.247 e. The van der Waals surface area contributed by atoms with Crippen LogP contribution < -0.4 is 5.14 Å². The molecule has 0 saturated heterocycles. The largest absolute Gasteiger partial charge is 0.388 e. The Labute approximate surface area is 93.4 Å². The third-order valence-corrected chi connectivity index (χ3v) is 6.55. The Hall–Kier alpha value is -0.280. The lowest BCUT2D eigenvalue weighted by Crippen LogP contribution is -2.12. The molecule has 84 valence electrons. The molecule has 0 spiro atoms. The first-order valence-corrected chi connectivity index (χ1v) is 7.81. The zero-order valence-electron chi connectivity index (χ0n) is 7.54. The van der Waals surface area contributed by atoms with Crippen molar-refractivity contribution in [2.24, 2.45) is 5.14 Å². The van der Waals surface area contributed by atoms with Gasteiger partial charge in [0.05, 0.1) is 21.1 Å². The van der Waals surface area contributed by atoms with E-state index in [0.29, 0.717) is 21.9 Å². The van der Waals surface area contributed by atoms with E-state index in [4.69, 9.17) is 5.14 Å². The van der Waals surface area contributed by atoms with Crippen LogP contribution in [0.3, 0.4) is 0 Å². The molecular weight excluding hydrogens is 258 g/mol. The molecule has 0 fully saturated rings. The molecular formula is C7H9NO4S3. The number of aliphatic hydroxyl groups excluding tert-OH is 1. The molecule has 2 atom stereocenters. The van der Waals surface area contributed by atoms with Crippen molar-refractivity contribution in [1.29, 1.82) is 0 Å². The van der Waals surface area contributed by atoms with E-state index in [9.17, 15) is 17.7 Å². The average molecular weight is 267 g/mol. The second-order valence-corrected chi connectivity index (χ2v) is 7.81. The summed E-state index contributed by atoms with van der Waals surface area (Å²) in [4.78, 5) is 0. The molecule has 0 bridgehead atoms. The van der Waals surface area contributed by atoms with Crippen molar-refractivity contribution in [3.8, 4) is 0 Å². The summed E-state index contributed by atoms with van der Waals surface area (Å²) in [5.74, 6) is 0.360. The van der Waals surface area contributed by atoms with Crippen LogP contribution in [0.2, 0.25) is 0 Å². The monoisotopic (exact) mass is 267 g/mol. The van der Waals surface area contributed by atoms with Crippen LogP contribution in [0.15, 0.2) is 14.5 Å². The van der Waals surface area contributed by atoms with Gasteiger partial charge >= 0.3 is 0 Å². The average Bonchev–Trinajstić information content (AvgIpc) is 2.56. The van der Waals surface area contributed by atoms with Crippen molar-refractivity contribution in [3.63, 3.8) is 0 Å². The molecule has 0 aromatic carbocycles. The van der Waals surface area contributed by atoms with Crippen LogP contribution in [0.4, 0.5) is 0 Å². The van der Waals surface area contributed by atoms with Gasteiger partial charge in [-0.25, -0.2) is 13.6 Å². The van der Waals surface area contributed by atoms with Gasteiger partial charge in [-0.15, -0.1) is 11.3 Å². The van der Waals surface area contributed by atoms with Crippen molar-refractivity contribution < 1.29 is 17.7 Å². The highest BCUT2D eigenvalue weighted by Crippen LogP contribution is 2.37. The minimum absolute atomic E-state index is 0.0400. The Morgan fingerprint density at radius 1 is 1.60 bits per heavy atom. The summed E-state index contributed by atoms with van der Waals surface area (Å²) in [6, 6.07) is 1.32. The molecule has 2 heterocycles. The van der Waals surface area contributed by atoms with Crippen molar-refractivity contribution >= 4 is 32.2 Å². The predicted octanol–water partition coefficient (Wildman–Crippen LogP) is -0.0598. The molecule has 1 unspecified atom stereocenters. The molecule has 1 aliphatic rings. The van der Waals surface area contributed by atoms with E-state index < -0.39 is 26.9 Å². The fourth-order valence-electron chi connectivity index (χ4n) is 1.38. The van der Waals surface area contributed by atoms with Gasteiger partial charge in [-0.2, -0.15) is 0 Å². The van der Waals surface area contributed by atoms with Crippen LogP contribution in [-0.4, -0.2) is 23.5 Å². The summed E-state index contributed by atoms with van der Waals surface area (Å²) >= 11 is 0.881. The van der Waals surface area contributed by atoms with Gasteiger partial charge in [-0.1, -0.05) is 0 Å². The van der Waals surface area contributed by atoms with E-state index in [1.165, 1.54) is 6.07 Å². The minimum atomic E-state index is -3.77. The second-order valence-electron chi connectivity index (χ2n) is 3.21. The van der Waals surface area contributed by atoms with E-state index in [2.05, 4.69) is 0 Å².